The molecule has 0 spiro atoms. The number of hydrogen-bond acceptors (Lipinski definition) is 3. The van der Waals surface area contributed by atoms with Crippen LogP contribution in [0.3, 0.4) is 0 Å². The van der Waals surface area contributed by atoms with Crippen molar-refractivity contribution in [2.45, 2.75) is 30.9 Å². The minimum atomic E-state index is -6.35. The predicted molar refractivity (Wildman–Crippen MR) is 151 cm³/mol. The molecule has 1 aliphatic rings. The van der Waals surface area contributed by atoms with Crippen molar-refractivity contribution >= 4 is 67.5 Å². The highest BCUT2D eigenvalue weighted by Crippen LogP contribution is 2.54. The summed E-state index contributed by atoms with van der Waals surface area (Å²) in [7, 11) is 0. The number of nitrogens with one attached hydrogen (secondary N) is 1. The van der Waals surface area contributed by atoms with Crippen molar-refractivity contribution in [1.29, 1.82) is 0 Å². The first-order valence-electron chi connectivity index (χ1n) is 12.1. The van der Waals surface area contributed by atoms with Crippen LogP contribution in [-0.4, -0.2) is 35.7 Å². The quantitative estimate of drug-likeness (QED) is 0.148. The monoisotopic (exact) mass is 786 g/mol. The largest absolute Gasteiger partial charge is 0.435 e. The number of alkyl halides is 7. The number of hydrogen-bond donors (Lipinski definition) is 1. The van der Waals surface area contributed by atoms with Crippen molar-refractivity contribution in [1.82, 2.24) is 4.98 Å². The molecule has 2 aromatic carbocycles. The minimum Gasteiger partial charge on any atom is -0.361 e. The van der Waals surface area contributed by atoms with E-state index in [-0.39, 0.29) is 47.4 Å². The third-order valence-corrected chi connectivity index (χ3v) is 7.94. The Morgan fingerprint density at radius 1 is 1.07 bits per heavy atom. The van der Waals surface area contributed by atoms with Crippen molar-refractivity contribution in [2.24, 2.45) is 5.92 Å². The first kappa shape index (κ1) is 32.6. The number of pyridine rings is 1. The van der Waals surface area contributed by atoms with Gasteiger partial charge in [-0.25, -0.2) is 8.78 Å². The number of aromatic nitrogens is 1. The summed E-state index contributed by atoms with van der Waals surface area (Å²) in [4.78, 5) is 34.6. The molecule has 0 bridgehead atoms. The molecule has 0 aliphatic heterocycles. The van der Waals surface area contributed by atoms with Crippen molar-refractivity contribution in [3.8, 4) is 0 Å². The van der Waals surface area contributed by atoms with Crippen LogP contribution in [0.1, 0.15) is 39.1 Å². The van der Waals surface area contributed by atoms with Gasteiger partial charge in [-0.05, 0) is 87.6 Å². The molecule has 0 unspecified atom stereocenters. The second kappa shape index (κ2) is 12.0. The van der Waals surface area contributed by atoms with Gasteiger partial charge in [0.15, 0.2) is 5.82 Å². The summed E-state index contributed by atoms with van der Waals surface area (Å²) < 4.78 is 109. The zero-order valence-corrected chi connectivity index (χ0v) is 25.0. The summed E-state index contributed by atoms with van der Waals surface area (Å²) in [5.74, 6) is -2.81. The lowest BCUT2D eigenvalue weighted by Gasteiger charge is -2.31. The summed E-state index contributed by atoms with van der Waals surface area (Å²) >= 11 is 4.09. The number of amides is 2. The van der Waals surface area contributed by atoms with E-state index in [1.54, 1.807) is 0 Å². The van der Waals surface area contributed by atoms with Gasteiger partial charge >= 0.3 is 18.0 Å². The highest BCUT2D eigenvalue weighted by molar-refractivity contribution is 14.1. The Hall–Kier alpha value is -3.33. The lowest BCUT2D eigenvalue weighted by atomic mass is 9.94. The molecule has 3 aromatic rings. The zero-order chi connectivity index (χ0) is 31.9. The SMILES string of the molecule is [C-]#[N+]c1ccc(C(=O)N(CC2CC2)c2cccc(C(=O)Nc3c(Br)cc(C(F)(C(F)(F)F)C(F)(F)F)cc3I)c2F)cn1. The Labute approximate surface area is 260 Å². The maximum absolute atomic E-state index is 15.8. The van der Waals surface area contributed by atoms with E-state index in [0.29, 0.717) is 0 Å². The van der Waals surface area contributed by atoms with Gasteiger partial charge in [-0.2, -0.15) is 26.3 Å². The molecule has 1 saturated carbocycles. The lowest BCUT2D eigenvalue weighted by Crippen LogP contribution is -2.50. The summed E-state index contributed by atoms with van der Waals surface area (Å²) in [5.41, 5.74) is -8.62. The third kappa shape index (κ3) is 6.47. The van der Waals surface area contributed by atoms with Crippen molar-refractivity contribution < 1.29 is 44.7 Å². The molecule has 0 radical (unpaired) electrons. The third-order valence-electron chi connectivity index (χ3n) is 6.47. The van der Waals surface area contributed by atoms with Crippen LogP contribution in [0.25, 0.3) is 4.85 Å². The summed E-state index contributed by atoms with van der Waals surface area (Å²) in [6.07, 6.45) is -9.96. The average Bonchev–Trinajstić information content (AvgIpc) is 3.76. The second-order valence-corrected chi connectivity index (χ2v) is 11.5. The van der Waals surface area contributed by atoms with Gasteiger partial charge in [-0.3, -0.25) is 9.59 Å². The average molecular weight is 787 g/mol. The maximum atomic E-state index is 15.8. The van der Waals surface area contributed by atoms with Crippen LogP contribution in [-0.2, 0) is 5.67 Å². The van der Waals surface area contributed by atoms with Crippen LogP contribution in [0.5, 0.6) is 0 Å². The molecular weight excluding hydrogens is 771 g/mol. The number of halogens is 10. The zero-order valence-electron chi connectivity index (χ0n) is 21.3. The fourth-order valence-electron chi connectivity index (χ4n) is 4.05. The standard InChI is InChI=1S/C27H16BrF8IN4O2/c1-38-20-8-7-14(11-39-20)24(43)41(12-13-5-6-13)19-4-2-3-16(21(19)29)23(42)40-22-17(28)9-15(10-18(22)37)25(30,26(31,32)33)27(34,35)36/h2-4,7-11,13H,5-6,12H2,(H,40,42). The number of rotatable bonds is 7. The molecule has 1 N–H and O–H groups in total. The van der Waals surface area contributed by atoms with Crippen LogP contribution >= 0.6 is 38.5 Å². The Bertz CT molecular complexity index is 1580. The molecule has 2 amide bonds. The number of nitrogens with zero attached hydrogens (tertiary/aromatic N) is 3. The molecule has 43 heavy (non-hydrogen) atoms. The smallest absolute Gasteiger partial charge is 0.361 e. The summed E-state index contributed by atoms with van der Waals surface area (Å²) in [6, 6.07) is 6.79. The molecule has 1 aromatic heterocycles. The van der Waals surface area contributed by atoms with E-state index in [2.05, 4.69) is 31.1 Å². The Balaban J connectivity index is 1.67. The van der Waals surface area contributed by atoms with E-state index < -0.39 is 54.8 Å². The molecule has 16 heteroatoms. The van der Waals surface area contributed by atoms with Crippen LogP contribution in [0.15, 0.2) is 53.1 Å². The molecule has 1 heterocycles. The molecule has 0 saturated heterocycles. The molecule has 6 nitrogen and oxygen atoms in total. The van der Waals surface area contributed by atoms with Gasteiger partial charge in [0.25, 0.3) is 17.6 Å². The number of carbonyl (C=O) groups is 2. The summed E-state index contributed by atoms with van der Waals surface area (Å²) in [5, 5.41) is 2.22. The van der Waals surface area contributed by atoms with Gasteiger partial charge in [-0.1, -0.05) is 18.7 Å². The van der Waals surface area contributed by atoms with E-state index in [1.807, 2.05) is 0 Å². The normalized spacial score (nSPS) is 13.8. The van der Waals surface area contributed by atoms with Gasteiger partial charge in [0.05, 0.1) is 22.5 Å². The Morgan fingerprint density at radius 2 is 1.72 bits per heavy atom. The van der Waals surface area contributed by atoms with Gasteiger partial charge in [0, 0.05) is 20.2 Å². The van der Waals surface area contributed by atoms with Crippen LogP contribution < -0.4 is 10.2 Å². The van der Waals surface area contributed by atoms with Crippen LogP contribution in [0.2, 0.25) is 0 Å². The highest BCUT2D eigenvalue weighted by Gasteiger charge is 2.73. The topological polar surface area (TPSA) is 66.7 Å². The molecular formula is C27H16BrF8IN4O2. The second-order valence-electron chi connectivity index (χ2n) is 9.44. The molecule has 0 atom stereocenters. The van der Waals surface area contributed by atoms with Gasteiger partial charge in [0.2, 0.25) is 0 Å². The molecule has 1 aliphatic carbocycles. The first-order valence-corrected chi connectivity index (χ1v) is 13.9. The van der Waals surface area contributed by atoms with Gasteiger partial charge in [0.1, 0.15) is 6.20 Å². The maximum Gasteiger partial charge on any atom is 0.435 e. The minimum absolute atomic E-state index is 0.0398. The highest BCUT2D eigenvalue weighted by atomic mass is 127. The van der Waals surface area contributed by atoms with Gasteiger partial charge < -0.3 is 15.1 Å². The summed E-state index contributed by atoms with van der Waals surface area (Å²) in [6.45, 7) is 7.11. The molecule has 226 valence electrons. The first-order chi connectivity index (χ1) is 20.0. The van der Waals surface area contributed by atoms with Crippen molar-refractivity contribution in [3.63, 3.8) is 0 Å². The number of carbonyl (C=O) groups excluding carboxylic acids is 2. The number of anilines is 2. The van der Waals surface area contributed by atoms with E-state index >= 15 is 4.39 Å². The van der Waals surface area contributed by atoms with Crippen molar-refractivity contribution in [3.05, 3.63) is 90.6 Å². The predicted octanol–water partition coefficient (Wildman–Crippen LogP) is 8.74. The van der Waals surface area contributed by atoms with E-state index in [4.69, 9.17) is 6.57 Å². The van der Waals surface area contributed by atoms with Crippen molar-refractivity contribution in [2.75, 3.05) is 16.8 Å². The Kier molecular flexibility index (Phi) is 9.08. The van der Waals surface area contributed by atoms with Gasteiger partial charge in [-0.15, -0.1) is 4.98 Å². The molecule has 1 fully saturated rings. The fraction of sp³-hybridized carbons (Fsp3) is 0.259. The Morgan fingerprint density at radius 3 is 2.23 bits per heavy atom. The van der Waals surface area contributed by atoms with Crippen LogP contribution in [0.4, 0.5) is 52.3 Å². The van der Waals surface area contributed by atoms with E-state index in [9.17, 15) is 40.3 Å². The van der Waals surface area contributed by atoms with E-state index in [0.717, 1.165) is 30.0 Å². The number of benzene rings is 2. The molecule has 4 rings (SSSR count). The lowest BCUT2D eigenvalue weighted by molar-refractivity contribution is -0.348. The van der Waals surface area contributed by atoms with Crippen LogP contribution in [0, 0.1) is 21.9 Å². The van der Waals surface area contributed by atoms with E-state index in [1.165, 1.54) is 46.9 Å². The fourth-order valence-corrected chi connectivity index (χ4v) is 5.74.